The molecule has 1 fully saturated rings. The number of nitro groups is 1. The van der Waals surface area contributed by atoms with Gasteiger partial charge in [0.15, 0.2) is 6.67 Å². The van der Waals surface area contributed by atoms with E-state index in [1.54, 1.807) is 30.7 Å². The lowest BCUT2D eigenvalue weighted by Crippen LogP contribution is -3.14. The lowest BCUT2D eigenvalue weighted by atomic mass is 10.2. The monoisotopic (exact) mass is 334 g/mol. The number of nitrogens with one attached hydrogen (secondary N) is 1. The second-order valence-electron chi connectivity index (χ2n) is 6.15. The van der Waals surface area contributed by atoms with Crippen LogP contribution in [0.2, 0.25) is 0 Å². The van der Waals surface area contributed by atoms with Crippen LogP contribution in [-0.2, 0) is 6.67 Å². The molecule has 0 atom stereocenters. The highest BCUT2D eigenvalue weighted by atomic mass is 19.1. The van der Waals surface area contributed by atoms with E-state index in [4.69, 9.17) is 0 Å². The Bertz CT molecular complexity index is 736. The molecular formula is C16H21FN5O2+. The third kappa shape index (κ3) is 3.23. The van der Waals surface area contributed by atoms with E-state index in [1.807, 2.05) is 0 Å². The van der Waals surface area contributed by atoms with Gasteiger partial charge in [-0.15, -0.1) is 0 Å². The first-order valence-corrected chi connectivity index (χ1v) is 7.98. The van der Waals surface area contributed by atoms with Crippen LogP contribution in [0.5, 0.6) is 0 Å². The van der Waals surface area contributed by atoms with E-state index in [2.05, 4.69) is 10.00 Å². The molecule has 24 heavy (non-hydrogen) atoms. The Morgan fingerprint density at radius 3 is 2.42 bits per heavy atom. The summed E-state index contributed by atoms with van der Waals surface area (Å²) in [5, 5.41) is 15.4. The van der Waals surface area contributed by atoms with Crippen LogP contribution in [-0.4, -0.2) is 40.9 Å². The second-order valence-corrected chi connectivity index (χ2v) is 6.15. The molecule has 2 heterocycles. The lowest BCUT2D eigenvalue weighted by Gasteiger charge is -2.33. The van der Waals surface area contributed by atoms with Crippen LogP contribution in [0.4, 0.5) is 15.8 Å². The van der Waals surface area contributed by atoms with Gasteiger partial charge in [0.05, 0.1) is 31.1 Å². The fourth-order valence-corrected chi connectivity index (χ4v) is 3.21. The molecule has 1 aromatic carbocycles. The van der Waals surface area contributed by atoms with Crippen molar-refractivity contribution >= 4 is 11.4 Å². The Balaban J connectivity index is 1.62. The zero-order valence-electron chi connectivity index (χ0n) is 13.8. The molecule has 0 bridgehead atoms. The zero-order chi connectivity index (χ0) is 17.3. The van der Waals surface area contributed by atoms with Gasteiger partial charge in [-0.2, -0.15) is 5.10 Å². The Labute approximate surface area is 139 Å². The molecule has 0 saturated carbocycles. The molecule has 3 rings (SSSR count). The summed E-state index contributed by atoms with van der Waals surface area (Å²) in [7, 11) is 0. The Morgan fingerprint density at radius 1 is 1.25 bits per heavy atom. The SMILES string of the molecule is Cc1nn(C[NH+]2CCN(c3ccc(F)cc3)CC2)c(C)c1[N+](=O)[O-]. The van der Waals surface area contributed by atoms with Crippen molar-refractivity contribution in [2.24, 2.45) is 0 Å². The second kappa shape index (κ2) is 6.56. The molecule has 7 nitrogen and oxygen atoms in total. The summed E-state index contributed by atoms with van der Waals surface area (Å²) in [6.45, 7) is 7.57. The molecule has 128 valence electrons. The highest BCUT2D eigenvalue weighted by Crippen LogP contribution is 2.21. The molecule has 1 aromatic heterocycles. The number of anilines is 1. The van der Waals surface area contributed by atoms with Gasteiger partial charge in [0.2, 0.25) is 0 Å². The minimum atomic E-state index is -0.365. The maximum Gasteiger partial charge on any atom is 0.312 e. The average Bonchev–Trinajstić information content (AvgIpc) is 2.83. The summed E-state index contributed by atoms with van der Waals surface area (Å²) >= 11 is 0. The van der Waals surface area contributed by atoms with E-state index in [0.717, 1.165) is 31.9 Å². The van der Waals surface area contributed by atoms with Crippen LogP contribution in [0.25, 0.3) is 0 Å². The van der Waals surface area contributed by atoms with Gasteiger partial charge in [-0.05, 0) is 38.1 Å². The normalized spacial score (nSPS) is 15.7. The van der Waals surface area contributed by atoms with Crippen LogP contribution in [0, 0.1) is 29.8 Å². The standard InChI is InChI=1S/C16H20FN5O2/c1-12-16(22(23)24)13(2)21(18-12)11-19-7-9-20(10-8-19)15-5-3-14(17)4-6-15/h3-6H,7-11H2,1-2H3/p+1. The Hall–Kier alpha value is -2.48. The molecule has 8 heteroatoms. The molecule has 1 aliphatic rings. The van der Waals surface area contributed by atoms with Crippen LogP contribution in [0.3, 0.4) is 0 Å². The van der Waals surface area contributed by atoms with Crippen molar-refractivity contribution in [3.8, 4) is 0 Å². The Morgan fingerprint density at radius 2 is 1.88 bits per heavy atom. The minimum absolute atomic E-state index is 0.111. The van der Waals surface area contributed by atoms with Crippen molar-refractivity contribution in [3.63, 3.8) is 0 Å². The third-order valence-corrected chi connectivity index (χ3v) is 4.56. The molecular weight excluding hydrogens is 313 g/mol. The summed E-state index contributed by atoms with van der Waals surface area (Å²) in [5.74, 6) is -0.228. The number of halogens is 1. The fraction of sp³-hybridized carbons (Fsp3) is 0.438. The van der Waals surface area contributed by atoms with Crippen molar-refractivity contribution in [1.82, 2.24) is 9.78 Å². The van der Waals surface area contributed by atoms with E-state index in [-0.39, 0.29) is 16.4 Å². The Kier molecular flexibility index (Phi) is 4.48. The van der Waals surface area contributed by atoms with Gasteiger partial charge in [0, 0.05) is 5.69 Å². The number of rotatable bonds is 4. The highest BCUT2D eigenvalue weighted by molar-refractivity contribution is 5.46. The fourth-order valence-electron chi connectivity index (χ4n) is 3.21. The first-order valence-electron chi connectivity index (χ1n) is 7.98. The summed E-state index contributed by atoms with van der Waals surface area (Å²) in [5.41, 5.74) is 2.20. The van der Waals surface area contributed by atoms with Gasteiger partial charge in [-0.1, -0.05) is 0 Å². The highest BCUT2D eigenvalue weighted by Gasteiger charge is 2.26. The molecule has 1 N–H and O–H groups in total. The third-order valence-electron chi connectivity index (χ3n) is 4.56. The van der Waals surface area contributed by atoms with Crippen molar-refractivity contribution in [1.29, 1.82) is 0 Å². The number of quaternary nitrogens is 1. The van der Waals surface area contributed by atoms with Gasteiger partial charge in [-0.3, -0.25) is 10.1 Å². The number of piperazine rings is 1. The van der Waals surface area contributed by atoms with Crippen molar-refractivity contribution in [2.75, 3.05) is 31.1 Å². The molecule has 0 radical (unpaired) electrons. The molecule has 2 aromatic rings. The summed E-state index contributed by atoms with van der Waals surface area (Å²) in [6.07, 6.45) is 0. The smallest absolute Gasteiger partial charge is 0.312 e. The molecule has 1 aliphatic heterocycles. The van der Waals surface area contributed by atoms with Crippen molar-refractivity contribution in [2.45, 2.75) is 20.5 Å². The number of aryl methyl sites for hydroxylation is 1. The largest absolute Gasteiger partial charge is 0.360 e. The molecule has 0 spiro atoms. The number of hydrogen-bond donors (Lipinski definition) is 1. The van der Waals surface area contributed by atoms with E-state index >= 15 is 0 Å². The molecule has 0 aliphatic carbocycles. The van der Waals surface area contributed by atoms with Gasteiger partial charge >= 0.3 is 5.69 Å². The van der Waals surface area contributed by atoms with Crippen LogP contribution >= 0.6 is 0 Å². The van der Waals surface area contributed by atoms with Gasteiger partial charge in [0.25, 0.3) is 0 Å². The van der Waals surface area contributed by atoms with E-state index in [1.165, 1.54) is 17.0 Å². The number of aromatic nitrogens is 2. The average molecular weight is 334 g/mol. The summed E-state index contributed by atoms with van der Waals surface area (Å²) in [4.78, 5) is 14.3. The topological polar surface area (TPSA) is 68.6 Å². The zero-order valence-corrected chi connectivity index (χ0v) is 13.8. The van der Waals surface area contributed by atoms with E-state index in [9.17, 15) is 14.5 Å². The minimum Gasteiger partial charge on any atom is -0.360 e. The maximum absolute atomic E-state index is 13.0. The molecule has 1 saturated heterocycles. The quantitative estimate of drug-likeness (QED) is 0.667. The first kappa shape index (κ1) is 16.4. The first-order chi connectivity index (χ1) is 11.5. The molecule has 0 amide bonds. The lowest BCUT2D eigenvalue weighted by molar-refractivity contribution is -0.924. The number of benzene rings is 1. The van der Waals surface area contributed by atoms with Crippen molar-refractivity contribution in [3.05, 3.63) is 51.6 Å². The van der Waals surface area contributed by atoms with E-state index < -0.39 is 0 Å². The number of nitrogens with zero attached hydrogens (tertiary/aromatic N) is 4. The van der Waals surface area contributed by atoms with Crippen molar-refractivity contribution < 1.29 is 14.2 Å². The van der Waals surface area contributed by atoms with Crippen LogP contribution in [0.15, 0.2) is 24.3 Å². The predicted octanol–water partition coefficient (Wildman–Crippen LogP) is 0.910. The maximum atomic E-state index is 13.0. The predicted molar refractivity (Wildman–Crippen MR) is 87.7 cm³/mol. The summed E-state index contributed by atoms with van der Waals surface area (Å²) in [6, 6.07) is 6.54. The van der Waals surface area contributed by atoms with Gasteiger partial charge < -0.3 is 9.80 Å². The number of hydrogen-bond acceptors (Lipinski definition) is 4. The molecule has 0 unspecified atom stereocenters. The van der Waals surface area contributed by atoms with E-state index in [0.29, 0.717) is 18.1 Å². The van der Waals surface area contributed by atoms with Gasteiger partial charge in [-0.25, -0.2) is 9.07 Å². The van der Waals surface area contributed by atoms with Crippen LogP contribution < -0.4 is 9.80 Å². The van der Waals surface area contributed by atoms with Crippen LogP contribution in [0.1, 0.15) is 11.4 Å². The van der Waals surface area contributed by atoms with Gasteiger partial charge in [0.1, 0.15) is 17.2 Å². The summed E-state index contributed by atoms with van der Waals surface area (Å²) < 4.78 is 14.7.